The second kappa shape index (κ2) is 8.66. The van der Waals surface area contributed by atoms with Gasteiger partial charge in [0.15, 0.2) is 0 Å². The Labute approximate surface area is 171 Å². The first-order chi connectivity index (χ1) is 12.7. The van der Waals surface area contributed by atoms with E-state index in [1.165, 1.54) is 10.6 Å². The Morgan fingerprint density at radius 3 is 2.22 bits per heavy atom. The molecule has 1 aromatic carbocycles. The molecular weight excluding hydrogens is 409 g/mol. The maximum absolute atomic E-state index is 12.8. The van der Waals surface area contributed by atoms with Crippen LogP contribution >= 0.6 is 23.2 Å². The molecule has 0 bridgehead atoms. The number of hydrogen-bond donors (Lipinski definition) is 0. The molecule has 9 heteroatoms. The molecule has 27 heavy (non-hydrogen) atoms. The van der Waals surface area contributed by atoms with E-state index in [-0.39, 0.29) is 11.8 Å². The topological polar surface area (TPSA) is 60.9 Å². The van der Waals surface area contributed by atoms with Crippen LogP contribution in [0.3, 0.4) is 0 Å². The van der Waals surface area contributed by atoms with E-state index in [1.54, 1.807) is 0 Å². The molecule has 3 rings (SSSR count). The highest BCUT2D eigenvalue weighted by molar-refractivity contribution is 7.88. The highest BCUT2D eigenvalue weighted by Gasteiger charge is 2.32. The molecule has 0 unspecified atom stereocenters. The van der Waals surface area contributed by atoms with Crippen molar-refractivity contribution < 1.29 is 13.2 Å². The van der Waals surface area contributed by atoms with E-state index in [0.717, 1.165) is 25.2 Å². The summed E-state index contributed by atoms with van der Waals surface area (Å²) in [6.07, 6.45) is 2.44. The third kappa shape index (κ3) is 5.35. The number of piperazine rings is 1. The lowest BCUT2D eigenvalue weighted by Crippen LogP contribution is -2.51. The largest absolute Gasteiger partial charge is 0.340 e. The van der Waals surface area contributed by atoms with Gasteiger partial charge in [0, 0.05) is 51.7 Å². The Hall–Kier alpha value is -0.860. The number of piperidine rings is 1. The van der Waals surface area contributed by atoms with E-state index >= 15 is 0 Å². The Kier molecular flexibility index (Phi) is 6.69. The average Bonchev–Trinajstić information content (AvgIpc) is 2.64. The normalized spacial score (nSPS) is 20.8. The van der Waals surface area contributed by atoms with Crippen molar-refractivity contribution in [3.63, 3.8) is 0 Å². The Morgan fingerprint density at radius 1 is 1.04 bits per heavy atom. The van der Waals surface area contributed by atoms with Crippen LogP contribution in [0, 0.1) is 5.92 Å². The third-order valence-electron chi connectivity index (χ3n) is 5.35. The predicted molar refractivity (Wildman–Crippen MR) is 107 cm³/mol. The standard InChI is InChI=1S/C18H25Cl2N3O3S/c1-27(25,26)23-6-4-15(5-7-23)18(24)22-10-8-21(9-11-22)13-14-2-3-16(19)17(20)12-14/h2-3,12,15H,4-11,13H2,1H3. The average molecular weight is 434 g/mol. The Balaban J connectivity index is 1.47. The van der Waals surface area contributed by atoms with Crippen LogP contribution in [0.5, 0.6) is 0 Å². The second-order valence-electron chi connectivity index (χ2n) is 7.29. The fourth-order valence-corrected chi connectivity index (χ4v) is 4.91. The molecule has 0 aliphatic carbocycles. The fourth-order valence-electron chi connectivity index (χ4n) is 3.72. The van der Waals surface area contributed by atoms with Gasteiger partial charge < -0.3 is 4.90 Å². The molecule has 0 N–H and O–H groups in total. The van der Waals surface area contributed by atoms with Gasteiger partial charge in [-0.05, 0) is 30.5 Å². The van der Waals surface area contributed by atoms with Crippen molar-refractivity contribution in [2.24, 2.45) is 5.92 Å². The Morgan fingerprint density at radius 2 is 1.67 bits per heavy atom. The summed E-state index contributed by atoms with van der Waals surface area (Å²) < 4.78 is 24.7. The molecular formula is C18H25Cl2N3O3S. The minimum absolute atomic E-state index is 0.0652. The predicted octanol–water partition coefficient (Wildman–Crippen LogP) is 2.31. The molecule has 0 spiro atoms. The number of hydrogen-bond acceptors (Lipinski definition) is 4. The first kappa shape index (κ1) is 20.9. The second-order valence-corrected chi connectivity index (χ2v) is 10.1. The van der Waals surface area contributed by atoms with Gasteiger partial charge in [-0.2, -0.15) is 0 Å². The molecule has 2 aliphatic rings. The van der Waals surface area contributed by atoms with E-state index in [2.05, 4.69) is 4.90 Å². The van der Waals surface area contributed by atoms with Crippen molar-refractivity contribution in [2.45, 2.75) is 19.4 Å². The zero-order valence-corrected chi connectivity index (χ0v) is 17.7. The maximum Gasteiger partial charge on any atom is 0.225 e. The van der Waals surface area contributed by atoms with Crippen LogP contribution in [0.4, 0.5) is 0 Å². The van der Waals surface area contributed by atoms with Crippen molar-refractivity contribution in [3.8, 4) is 0 Å². The summed E-state index contributed by atoms with van der Waals surface area (Å²) in [5, 5.41) is 1.11. The van der Waals surface area contributed by atoms with Gasteiger partial charge in [0.1, 0.15) is 0 Å². The molecule has 150 valence electrons. The van der Waals surface area contributed by atoms with Crippen LogP contribution in [0.1, 0.15) is 18.4 Å². The molecule has 2 saturated heterocycles. The minimum atomic E-state index is -3.16. The summed E-state index contributed by atoms with van der Waals surface area (Å²) in [5.41, 5.74) is 1.11. The highest BCUT2D eigenvalue weighted by atomic mass is 35.5. The van der Waals surface area contributed by atoms with Crippen LogP contribution < -0.4 is 0 Å². The maximum atomic E-state index is 12.8. The van der Waals surface area contributed by atoms with Crippen molar-refractivity contribution >= 4 is 39.1 Å². The molecule has 0 aromatic heterocycles. The van der Waals surface area contributed by atoms with Gasteiger partial charge in [-0.3, -0.25) is 9.69 Å². The molecule has 0 atom stereocenters. The van der Waals surface area contributed by atoms with Crippen molar-refractivity contribution in [1.29, 1.82) is 0 Å². The number of nitrogens with zero attached hydrogens (tertiary/aromatic N) is 3. The number of benzene rings is 1. The molecule has 2 aliphatic heterocycles. The SMILES string of the molecule is CS(=O)(=O)N1CCC(C(=O)N2CCN(Cc3ccc(Cl)c(Cl)c3)CC2)CC1. The van der Waals surface area contributed by atoms with Crippen LogP contribution in [0.25, 0.3) is 0 Å². The molecule has 1 amide bonds. The summed E-state index contributed by atoms with van der Waals surface area (Å²) in [7, 11) is -3.16. The summed E-state index contributed by atoms with van der Waals surface area (Å²) in [4.78, 5) is 17.0. The number of rotatable bonds is 4. The molecule has 6 nitrogen and oxygen atoms in total. The number of amides is 1. The van der Waals surface area contributed by atoms with E-state index in [1.807, 2.05) is 23.1 Å². The smallest absolute Gasteiger partial charge is 0.225 e. The molecule has 0 saturated carbocycles. The van der Waals surface area contributed by atoms with E-state index in [9.17, 15) is 13.2 Å². The van der Waals surface area contributed by atoms with Crippen molar-refractivity contribution in [3.05, 3.63) is 33.8 Å². The van der Waals surface area contributed by atoms with Crippen molar-refractivity contribution in [1.82, 2.24) is 14.1 Å². The lowest BCUT2D eigenvalue weighted by molar-refractivity contribution is -0.138. The van der Waals surface area contributed by atoms with Gasteiger partial charge in [0.25, 0.3) is 0 Å². The summed E-state index contributed by atoms with van der Waals surface area (Å²) in [5.74, 6) is 0.0990. The lowest BCUT2D eigenvalue weighted by atomic mass is 9.96. The van der Waals surface area contributed by atoms with Gasteiger partial charge >= 0.3 is 0 Å². The van der Waals surface area contributed by atoms with Crippen LogP contribution in [0.2, 0.25) is 10.0 Å². The minimum Gasteiger partial charge on any atom is -0.340 e. The van der Waals surface area contributed by atoms with Gasteiger partial charge in [0.05, 0.1) is 16.3 Å². The molecule has 2 heterocycles. The molecule has 0 radical (unpaired) electrons. The van der Waals surface area contributed by atoms with E-state index in [4.69, 9.17) is 23.2 Å². The zero-order chi connectivity index (χ0) is 19.6. The number of halogens is 2. The summed E-state index contributed by atoms with van der Waals surface area (Å²) in [6, 6.07) is 5.67. The Bertz CT molecular complexity index is 787. The quantitative estimate of drug-likeness (QED) is 0.730. The molecule has 2 fully saturated rings. The van der Waals surface area contributed by atoms with Gasteiger partial charge in [-0.1, -0.05) is 29.3 Å². The third-order valence-corrected chi connectivity index (χ3v) is 7.39. The van der Waals surface area contributed by atoms with Crippen LogP contribution in [0.15, 0.2) is 18.2 Å². The lowest BCUT2D eigenvalue weighted by Gasteiger charge is -2.38. The highest BCUT2D eigenvalue weighted by Crippen LogP contribution is 2.24. The zero-order valence-electron chi connectivity index (χ0n) is 15.4. The number of carbonyl (C=O) groups is 1. The fraction of sp³-hybridized carbons (Fsp3) is 0.611. The van der Waals surface area contributed by atoms with Gasteiger partial charge in [-0.15, -0.1) is 0 Å². The van der Waals surface area contributed by atoms with Crippen LogP contribution in [-0.2, 0) is 21.4 Å². The van der Waals surface area contributed by atoms with Gasteiger partial charge in [-0.25, -0.2) is 12.7 Å². The van der Waals surface area contributed by atoms with Crippen molar-refractivity contribution in [2.75, 3.05) is 45.5 Å². The first-order valence-electron chi connectivity index (χ1n) is 9.14. The van der Waals surface area contributed by atoms with E-state index < -0.39 is 10.0 Å². The summed E-state index contributed by atoms with van der Waals surface area (Å²) >= 11 is 12.0. The van der Waals surface area contributed by atoms with E-state index in [0.29, 0.717) is 49.1 Å². The number of sulfonamides is 1. The van der Waals surface area contributed by atoms with Crippen LogP contribution in [-0.4, -0.2) is 74.0 Å². The monoisotopic (exact) mass is 433 g/mol. The first-order valence-corrected chi connectivity index (χ1v) is 11.7. The summed E-state index contributed by atoms with van der Waals surface area (Å²) in [6.45, 7) is 4.69. The van der Waals surface area contributed by atoms with Gasteiger partial charge in [0.2, 0.25) is 15.9 Å². The molecule has 1 aromatic rings. The number of carbonyl (C=O) groups excluding carboxylic acids is 1.